The van der Waals surface area contributed by atoms with Crippen LogP contribution in [0.5, 0.6) is 0 Å². The summed E-state index contributed by atoms with van der Waals surface area (Å²) < 4.78 is 0. The lowest BCUT2D eigenvalue weighted by atomic mass is 9.44. The average molecular weight is 413 g/mol. The summed E-state index contributed by atoms with van der Waals surface area (Å²) in [6.07, 6.45) is 21.4. The summed E-state index contributed by atoms with van der Waals surface area (Å²) in [6, 6.07) is 0. The highest BCUT2D eigenvalue weighted by molar-refractivity contribution is 5.09. The fourth-order valence-electron chi connectivity index (χ4n) is 8.79. The molecule has 3 rings (SSSR count). The normalized spacial score (nSPS) is 46.2. The first-order valence-corrected chi connectivity index (χ1v) is 13.7. The third-order valence-electron chi connectivity index (χ3n) is 11.2. The number of hydrogen-bond acceptors (Lipinski definition) is 0. The van der Waals surface area contributed by atoms with E-state index in [9.17, 15) is 0 Å². The Kier molecular flexibility index (Phi) is 7.71. The molecule has 3 fully saturated rings. The maximum atomic E-state index is 3.56. The second-order valence-corrected chi connectivity index (χ2v) is 12.3. The molecule has 3 aliphatic carbocycles. The molecule has 0 N–H and O–H groups in total. The standard InChI is InChI=1S/C30H52/c1-8-11-12-13-14-15-24-18-21-30(7,28(5,10-3)22-24)27-19-20-29(6)25(9-2)16-17-26(29)23(27)4/h13,15,23-27H,8-12,16-22H2,1-7H3. The van der Waals surface area contributed by atoms with E-state index < -0.39 is 0 Å². The number of rotatable bonds is 7. The molecule has 0 amide bonds. The van der Waals surface area contributed by atoms with E-state index in [1.165, 1.54) is 77.0 Å². The minimum Gasteiger partial charge on any atom is -0.129 e. The summed E-state index contributed by atoms with van der Waals surface area (Å²) >= 11 is 0. The second kappa shape index (κ2) is 9.57. The van der Waals surface area contributed by atoms with Gasteiger partial charge in [-0.25, -0.2) is 0 Å². The van der Waals surface area contributed by atoms with Crippen LogP contribution in [0.1, 0.15) is 126 Å². The van der Waals surface area contributed by atoms with Gasteiger partial charge in [0.05, 0.1) is 0 Å². The Bertz CT molecular complexity index is 624. The lowest BCUT2D eigenvalue weighted by Gasteiger charge is -2.61. The molecule has 0 saturated heterocycles. The molecule has 30 heavy (non-hydrogen) atoms. The Hall–Kier alpha value is -0.480. The van der Waals surface area contributed by atoms with E-state index in [1.807, 2.05) is 0 Å². The molecule has 0 heteroatoms. The quantitative estimate of drug-likeness (QED) is 0.288. The molecule has 8 atom stereocenters. The Morgan fingerprint density at radius 1 is 0.933 bits per heavy atom. The third-order valence-corrected chi connectivity index (χ3v) is 11.2. The first kappa shape index (κ1) is 24.2. The minimum absolute atomic E-state index is 0.465. The lowest BCUT2D eigenvalue weighted by Crippen LogP contribution is -2.53. The summed E-state index contributed by atoms with van der Waals surface area (Å²) in [5, 5.41) is 0. The first-order valence-electron chi connectivity index (χ1n) is 13.7. The average Bonchev–Trinajstić information content (AvgIpc) is 3.07. The first-order chi connectivity index (χ1) is 14.3. The zero-order valence-electron chi connectivity index (χ0n) is 21.5. The molecular formula is C30H52. The molecule has 0 nitrogen and oxygen atoms in total. The zero-order chi connectivity index (χ0) is 22.0. The highest BCUT2D eigenvalue weighted by Gasteiger charge is 2.59. The highest BCUT2D eigenvalue weighted by Crippen LogP contribution is 2.67. The predicted octanol–water partition coefficient (Wildman–Crippen LogP) is 9.60. The molecule has 3 saturated carbocycles. The van der Waals surface area contributed by atoms with Crippen molar-refractivity contribution in [1.82, 2.24) is 0 Å². The van der Waals surface area contributed by atoms with Gasteiger partial charge in [-0.15, -0.1) is 5.73 Å². The van der Waals surface area contributed by atoms with Crippen LogP contribution in [0.25, 0.3) is 0 Å². The molecule has 0 aliphatic heterocycles. The number of allylic oxidation sites excluding steroid dienone is 1. The van der Waals surface area contributed by atoms with Gasteiger partial charge >= 0.3 is 0 Å². The van der Waals surface area contributed by atoms with Crippen LogP contribution in [-0.4, -0.2) is 0 Å². The Balaban J connectivity index is 1.76. The molecular weight excluding hydrogens is 360 g/mol. The van der Waals surface area contributed by atoms with Gasteiger partial charge in [-0.1, -0.05) is 67.7 Å². The monoisotopic (exact) mass is 412 g/mol. The summed E-state index contributed by atoms with van der Waals surface area (Å²) in [6.45, 7) is 17.9. The van der Waals surface area contributed by atoms with E-state index in [-0.39, 0.29) is 0 Å². The molecule has 0 aromatic rings. The molecule has 172 valence electrons. The van der Waals surface area contributed by atoms with Crippen molar-refractivity contribution in [1.29, 1.82) is 0 Å². The fourth-order valence-corrected chi connectivity index (χ4v) is 8.79. The van der Waals surface area contributed by atoms with Gasteiger partial charge in [-0.3, -0.25) is 0 Å². The number of hydrogen-bond donors (Lipinski definition) is 0. The van der Waals surface area contributed by atoms with Crippen LogP contribution >= 0.6 is 0 Å². The molecule has 0 spiro atoms. The SMILES string of the molecule is CCCCC=C=CC1CCC(C)(C2CCC3(C)C(CC)CCC3C2C)C(C)(CC)C1. The predicted molar refractivity (Wildman–Crippen MR) is 133 cm³/mol. The van der Waals surface area contributed by atoms with Crippen LogP contribution in [0.2, 0.25) is 0 Å². The van der Waals surface area contributed by atoms with Gasteiger partial charge in [0.1, 0.15) is 0 Å². The van der Waals surface area contributed by atoms with Crippen LogP contribution in [0, 0.1) is 45.8 Å². The van der Waals surface area contributed by atoms with E-state index in [4.69, 9.17) is 0 Å². The maximum Gasteiger partial charge on any atom is -0.0152 e. The van der Waals surface area contributed by atoms with E-state index in [1.54, 1.807) is 0 Å². The fraction of sp³-hybridized carbons (Fsp3) is 0.900. The Morgan fingerprint density at radius 2 is 1.70 bits per heavy atom. The van der Waals surface area contributed by atoms with Gasteiger partial charge in [0.25, 0.3) is 0 Å². The van der Waals surface area contributed by atoms with Crippen molar-refractivity contribution in [2.45, 2.75) is 126 Å². The van der Waals surface area contributed by atoms with Gasteiger partial charge in [-0.05, 0) is 116 Å². The third kappa shape index (κ3) is 4.12. The van der Waals surface area contributed by atoms with Crippen molar-refractivity contribution >= 4 is 0 Å². The van der Waals surface area contributed by atoms with Gasteiger partial charge in [0, 0.05) is 0 Å². The molecule has 0 bridgehead atoms. The molecule has 0 heterocycles. The van der Waals surface area contributed by atoms with E-state index >= 15 is 0 Å². The van der Waals surface area contributed by atoms with Gasteiger partial charge in [-0.2, -0.15) is 0 Å². The van der Waals surface area contributed by atoms with Gasteiger partial charge in [0.15, 0.2) is 0 Å². The molecule has 3 aliphatic rings. The van der Waals surface area contributed by atoms with Gasteiger partial charge < -0.3 is 0 Å². The molecule has 0 aromatic heterocycles. The van der Waals surface area contributed by atoms with Gasteiger partial charge in [0.2, 0.25) is 0 Å². The van der Waals surface area contributed by atoms with Crippen molar-refractivity contribution in [3.63, 3.8) is 0 Å². The van der Waals surface area contributed by atoms with Crippen molar-refractivity contribution in [2.75, 3.05) is 0 Å². The molecule has 0 aromatic carbocycles. The van der Waals surface area contributed by atoms with E-state index in [0.29, 0.717) is 16.2 Å². The van der Waals surface area contributed by atoms with Crippen molar-refractivity contribution in [2.24, 2.45) is 45.8 Å². The second-order valence-electron chi connectivity index (χ2n) is 12.3. The van der Waals surface area contributed by atoms with Crippen molar-refractivity contribution in [3.8, 4) is 0 Å². The number of unbranched alkanes of at least 4 members (excludes halogenated alkanes) is 2. The van der Waals surface area contributed by atoms with Crippen LogP contribution in [0.4, 0.5) is 0 Å². The highest BCUT2D eigenvalue weighted by atomic mass is 14.6. The van der Waals surface area contributed by atoms with Crippen LogP contribution in [0.3, 0.4) is 0 Å². The summed E-state index contributed by atoms with van der Waals surface area (Å²) in [7, 11) is 0. The van der Waals surface area contributed by atoms with Crippen LogP contribution in [-0.2, 0) is 0 Å². The smallest absolute Gasteiger partial charge is 0.0152 e. The Labute approximate surface area is 189 Å². The van der Waals surface area contributed by atoms with E-state index in [0.717, 1.165) is 29.6 Å². The van der Waals surface area contributed by atoms with E-state index in [2.05, 4.69) is 66.3 Å². The summed E-state index contributed by atoms with van der Waals surface area (Å²) in [5.41, 5.74) is 5.16. The topological polar surface area (TPSA) is 0 Å². The minimum atomic E-state index is 0.465. The lowest BCUT2D eigenvalue weighted by molar-refractivity contribution is -0.115. The zero-order valence-corrected chi connectivity index (χ0v) is 21.5. The Morgan fingerprint density at radius 3 is 2.37 bits per heavy atom. The summed E-state index contributed by atoms with van der Waals surface area (Å²) in [4.78, 5) is 0. The van der Waals surface area contributed by atoms with Crippen LogP contribution in [0.15, 0.2) is 17.9 Å². The molecule has 8 unspecified atom stereocenters. The number of fused-ring (bicyclic) bond motifs is 1. The summed E-state index contributed by atoms with van der Waals surface area (Å²) in [5.74, 6) is 4.51. The van der Waals surface area contributed by atoms with Crippen molar-refractivity contribution in [3.05, 3.63) is 17.9 Å². The largest absolute Gasteiger partial charge is 0.129 e. The van der Waals surface area contributed by atoms with Crippen LogP contribution < -0.4 is 0 Å². The molecule has 0 radical (unpaired) electrons. The van der Waals surface area contributed by atoms with Crippen molar-refractivity contribution < 1.29 is 0 Å². The maximum absolute atomic E-state index is 3.56.